The zero-order valence-corrected chi connectivity index (χ0v) is 10.4. The van der Waals surface area contributed by atoms with E-state index in [9.17, 15) is 9.18 Å². The Labute approximate surface area is 113 Å². The number of nitrogens with zero attached hydrogens (tertiary/aromatic N) is 3. The number of hydrogen-bond acceptors (Lipinski definition) is 4. The van der Waals surface area contributed by atoms with Gasteiger partial charge in [-0.15, -0.1) is 0 Å². The summed E-state index contributed by atoms with van der Waals surface area (Å²) >= 11 is 0. The molecule has 5 nitrogen and oxygen atoms in total. The monoisotopic (exact) mass is 271 g/mol. The van der Waals surface area contributed by atoms with Gasteiger partial charge in [0, 0.05) is 11.8 Å². The first-order valence-electron chi connectivity index (χ1n) is 5.97. The lowest BCUT2D eigenvalue weighted by atomic mass is 10.2. The van der Waals surface area contributed by atoms with E-state index in [0.717, 1.165) is 0 Å². The van der Waals surface area contributed by atoms with Crippen LogP contribution in [-0.2, 0) is 6.54 Å². The van der Waals surface area contributed by atoms with E-state index >= 15 is 0 Å². The van der Waals surface area contributed by atoms with Crippen LogP contribution in [0.2, 0.25) is 0 Å². The number of rotatable bonds is 3. The largest absolute Gasteiger partial charge is 0.442 e. The first-order valence-corrected chi connectivity index (χ1v) is 5.97. The summed E-state index contributed by atoms with van der Waals surface area (Å²) in [5.41, 5.74) is 0.879. The minimum atomic E-state index is -0.645. The fraction of sp³-hybridized carbons (Fsp3) is 0.0714. The molecular weight excluding hydrogens is 261 g/mol. The van der Waals surface area contributed by atoms with Crippen LogP contribution in [0.1, 0.15) is 5.56 Å². The second-order valence-corrected chi connectivity index (χ2v) is 4.16. The molecule has 0 amide bonds. The lowest BCUT2D eigenvalue weighted by molar-refractivity contribution is 0.377. The fourth-order valence-corrected chi connectivity index (χ4v) is 1.88. The van der Waals surface area contributed by atoms with Gasteiger partial charge in [-0.2, -0.15) is 0 Å². The summed E-state index contributed by atoms with van der Waals surface area (Å²) < 4.78 is 19.6. The van der Waals surface area contributed by atoms with Crippen LogP contribution in [0.15, 0.2) is 58.0 Å². The fourth-order valence-electron chi connectivity index (χ4n) is 1.88. The highest BCUT2D eigenvalue weighted by Crippen LogP contribution is 2.15. The number of benzene rings is 1. The summed E-state index contributed by atoms with van der Waals surface area (Å²) in [6, 6.07) is 11.5. The van der Waals surface area contributed by atoms with Crippen LogP contribution in [-0.4, -0.2) is 14.7 Å². The van der Waals surface area contributed by atoms with Crippen LogP contribution in [0, 0.1) is 5.82 Å². The zero-order valence-electron chi connectivity index (χ0n) is 10.4. The van der Waals surface area contributed by atoms with Crippen LogP contribution in [0.4, 0.5) is 4.39 Å². The van der Waals surface area contributed by atoms with E-state index < -0.39 is 5.76 Å². The molecule has 2 heterocycles. The van der Waals surface area contributed by atoms with Crippen molar-refractivity contribution in [2.75, 3.05) is 0 Å². The molecule has 0 aliphatic rings. The van der Waals surface area contributed by atoms with Gasteiger partial charge in [-0.25, -0.2) is 9.18 Å². The Morgan fingerprint density at radius 2 is 1.95 bits per heavy atom. The first kappa shape index (κ1) is 12.3. The third kappa shape index (κ3) is 2.23. The molecular formula is C14H10FN3O2. The Kier molecular flexibility index (Phi) is 3.12. The molecule has 100 valence electrons. The van der Waals surface area contributed by atoms with E-state index in [0.29, 0.717) is 11.3 Å². The highest BCUT2D eigenvalue weighted by atomic mass is 19.1. The summed E-state index contributed by atoms with van der Waals surface area (Å²) in [5.74, 6) is -0.750. The Morgan fingerprint density at radius 1 is 1.15 bits per heavy atom. The third-order valence-electron chi connectivity index (χ3n) is 2.87. The average Bonchev–Trinajstić information content (AvgIpc) is 2.84. The number of halogens is 1. The Bertz CT molecular complexity index is 780. The Balaban J connectivity index is 2.05. The van der Waals surface area contributed by atoms with Gasteiger partial charge in [0.2, 0.25) is 5.82 Å². The molecule has 0 radical (unpaired) electrons. The molecule has 3 rings (SSSR count). The van der Waals surface area contributed by atoms with E-state index in [2.05, 4.69) is 14.7 Å². The van der Waals surface area contributed by atoms with E-state index in [1.165, 1.54) is 10.6 Å². The van der Waals surface area contributed by atoms with Crippen molar-refractivity contribution in [2.24, 2.45) is 0 Å². The lowest BCUT2D eigenvalue weighted by Gasteiger charge is -2.05. The molecule has 3 aromatic rings. The topological polar surface area (TPSA) is 60.9 Å². The summed E-state index contributed by atoms with van der Waals surface area (Å²) in [5, 5.41) is 3.70. The molecule has 0 saturated heterocycles. The normalized spacial score (nSPS) is 10.7. The smallest absolute Gasteiger partial charge is 0.295 e. The van der Waals surface area contributed by atoms with Gasteiger partial charge in [0.15, 0.2) is 0 Å². The van der Waals surface area contributed by atoms with Crippen molar-refractivity contribution in [1.29, 1.82) is 0 Å². The summed E-state index contributed by atoms with van der Waals surface area (Å²) in [6.07, 6.45) is 1.59. The van der Waals surface area contributed by atoms with E-state index in [1.54, 1.807) is 42.6 Å². The predicted molar refractivity (Wildman–Crippen MR) is 69.5 cm³/mol. The van der Waals surface area contributed by atoms with Gasteiger partial charge in [0.25, 0.3) is 0 Å². The van der Waals surface area contributed by atoms with E-state index in [-0.39, 0.29) is 18.2 Å². The molecule has 0 fully saturated rings. The van der Waals surface area contributed by atoms with Crippen molar-refractivity contribution >= 4 is 0 Å². The number of aromatic nitrogens is 3. The molecule has 0 bridgehead atoms. The summed E-state index contributed by atoms with van der Waals surface area (Å²) in [4.78, 5) is 15.8. The molecule has 0 N–H and O–H groups in total. The molecule has 2 aromatic heterocycles. The maximum Gasteiger partial charge on any atom is 0.442 e. The van der Waals surface area contributed by atoms with E-state index in [1.807, 2.05) is 0 Å². The van der Waals surface area contributed by atoms with Crippen molar-refractivity contribution < 1.29 is 8.91 Å². The average molecular weight is 271 g/mol. The van der Waals surface area contributed by atoms with Gasteiger partial charge < -0.3 is 0 Å². The third-order valence-corrected chi connectivity index (χ3v) is 2.87. The molecule has 0 aliphatic carbocycles. The lowest BCUT2D eigenvalue weighted by Crippen LogP contribution is -2.17. The highest BCUT2D eigenvalue weighted by molar-refractivity contribution is 5.48. The van der Waals surface area contributed by atoms with Gasteiger partial charge in [0.05, 0.1) is 6.54 Å². The quantitative estimate of drug-likeness (QED) is 0.731. The highest BCUT2D eigenvalue weighted by Gasteiger charge is 2.15. The van der Waals surface area contributed by atoms with Gasteiger partial charge in [-0.1, -0.05) is 29.4 Å². The SMILES string of the molecule is O=c1onc(-c2ccccn2)n1Cc1ccccc1F. The minimum absolute atomic E-state index is 0.0426. The van der Waals surface area contributed by atoms with Crippen molar-refractivity contribution in [3.63, 3.8) is 0 Å². The van der Waals surface area contributed by atoms with Gasteiger partial charge >= 0.3 is 5.76 Å². The molecule has 20 heavy (non-hydrogen) atoms. The standard InChI is InChI=1S/C14H10FN3O2/c15-11-6-2-1-5-10(11)9-18-13(17-20-14(18)19)12-7-3-4-8-16-12/h1-8H,9H2. The molecule has 0 aliphatic heterocycles. The molecule has 1 aromatic carbocycles. The summed E-state index contributed by atoms with van der Waals surface area (Å²) in [6.45, 7) is 0.0426. The molecule has 0 saturated carbocycles. The van der Waals surface area contributed by atoms with Crippen LogP contribution in [0.5, 0.6) is 0 Å². The van der Waals surface area contributed by atoms with Crippen molar-refractivity contribution in [2.45, 2.75) is 6.54 Å². The first-order chi connectivity index (χ1) is 9.75. The second kappa shape index (κ2) is 5.08. The molecule has 0 spiro atoms. The van der Waals surface area contributed by atoms with Gasteiger partial charge in [-0.3, -0.25) is 14.1 Å². The van der Waals surface area contributed by atoms with Crippen LogP contribution in [0.25, 0.3) is 11.5 Å². The predicted octanol–water partition coefficient (Wildman–Crippen LogP) is 2.09. The van der Waals surface area contributed by atoms with Crippen LogP contribution < -0.4 is 5.76 Å². The van der Waals surface area contributed by atoms with E-state index in [4.69, 9.17) is 0 Å². The Morgan fingerprint density at radius 3 is 2.70 bits per heavy atom. The van der Waals surface area contributed by atoms with Crippen LogP contribution in [0.3, 0.4) is 0 Å². The van der Waals surface area contributed by atoms with Crippen molar-refractivity contribution in [3.8, 4) is 11.5 Å². The second-order valence-electron chi connectivity index (χ2n) is 4.16. The zero-order chi connectivity index (χ0) is 13.9. The maximum atomic E-state index is 13.7. The molecule has 0 atom stereocenters. The number of hydrogen-bond donors (Lipinski definition) is 0. The van der Waals surface area contributed by atoms with Gasteiger partial charge in [-0.05, 0) is 18.2 Å². The van der Waals surface area contributed by atoms with Crippen LogP contribution >= 0.6 is 0 Å². The van der Waals surface area contributed by atoms with Crippen molar-refractivity contribution in [3.05, 3.63) is 70.6 Å². The van der Waals surface area contributed by atoms with Crippen molar-refractivity contribution in [1.82, 2.24) is 14.7 Å². The number of pyridine rings is 1. The minimum Gasteiger partial charge on any atom is -0.295 e. The Hall–Kier alpha value is -2.76. The maximum absolute atomic E-state index is 13.7. The van der Waals surface area contributed by atoms with Gasteiger partial charge in [0.1, 0.15) is 11.5 Å². The molecule has 6 heteroatoms. The summed E-state index contributed by atoms with van der Waals surface area (Å²) in [7, 11) is 0. The molecule has 0 unspecified atom stereocenters.